The molecule has 3 heterocycles. The Kier molecular flexibility index (Phi) is 11.6. The van der Waals surface area contributed by atoms with Gasteiger partial charge >= 0.3 is 6.18 Å². The molecule has 1 saturated carbocycles. The van der Waals surface area contributed by atoms with Gasteiger partial charge in [0.1, 0.15) is 28.6 Å². The second-order valence-corrected chi connectivity index (χ2v) is 14.3. The summed E-state index contributed by atoms with van der Waals surface area (Å²) in [6.45, 7) is 1.91. The molecule has 2 aromatic heterocycles. The zero-order chi connectivity index (χ0) is 40.1. The quantitative estimate of drug-likeness (QED) is 0.0585. The highest BCUT2D eigenvalue weighted by atomic mass is 19.4. The number of fused-ring (bicyclic) bond motifs is 2. The average molecular weight is 783 g/mol. The van der Waals surface area contributed by atoms with Crippen molar-refractivity contribution in [3.8, 4) is 17.2 Å². The van der Waals surface area contributed by atoms with Crippen molar-refractivity contribution < 1.29 is 41.8 Å². The molecule has 1 fully saturated rings. The molecule has 2 aliphatic rings. The summed E-state index contributed by atoms with van der Waals surface area (Å²) in [5, 5.41) is 13.9. The second kappa shape index (κ2) is 17.0. The first-order valence-corrected chi connectivity index (χ1v) is 18.9. The van der Waals surface area contributed by atoms with E-state index in [0.717, 1.165) is 82.0 Å². The van der Waals surface area contributed by atoms with E-state index >= 15 is 0 Å². The molecule has 12 nitrogen and oxygen atoms in total. The Balaban J connectivity index is 0.816. The lowest BCUT2D eigenvalue weighted by Gasteiger charge is -2.28. The fourth-order valence-corrected chi connectivity index (χ4v) is 7.34. The molecule has 0 bridgehead atoms. The topological polar surface area (TPSA) is 154 Å². The number of benzene rings is 3. The van der Waals surface area contributed by atoms with Gasteiger partial charge in [0.2, 0.25) is 0 Å². The number of carbonyl (C=O) groups excluding carboxylic acids is 4. The normalized spacial score (nSPS) is 16.9. The number of rotatable bonds is 14. The Labute approximate surface area is 326 Å². The van der Waals surface area contributed by atoms with Crippen molar-refractivity contribution in [2.24, 2.45) is 5.92 Å². The van der Waals surface area contributed by atoms with Crippen LogP contribution in [0.4, 0.5) is 18.9 Å². The van der Waals surface area contributed by atoms with Gasteiger partial charge in [0, 0.05) is 23.2 Å². The Morgan fingerprint density at radius 2 is 1.68 bits per heavy atom. The van der Waals surface area contributed by atoms with E-state index in [1.54, 1.807) is 24.3 Å². The lowest BCUT2D eigenvalue weighted by atomic mass is 9.86. The first-order chi connectivity index (χ1) is 27.5. The average Bonchev–Trinajstić information content (AvgIpc) is 3.62. The summed E-state index contributed by atoms with van der Waals surface area (Å²) in [5.41, 5.74) is 0.766. The van der Waals surface area contributed by atoms with E-state index in [2.05, 4.69) is 20.9 Å². The molecule has 0 atom stereocenters. The smallest absolute Gasteiger partial charge is 0.433 e. The van der Waals surface area contributed by atoms with Gasteiger partial charge in [0.05, 0.1) is 29.9 Å². The third kappa shape index (κ3) is 9.15. The number of halogens is 3. The number of imide groups is 1. The number of ketones is 1. The van der Waals surface area contributed by atoms with Crippen LogP contribution in [0.25, 0.3) is 10.9 Å². The zero-order valence-corrected chi connectivity index (χ0v) is 31.2. The summed E-state index contributed by atoms with van der Waals surface area (Å²) in [5.74, 6) is -1.48. The van der Waals surface area contributed by atoms with Gasteiger partial charge in [0.25, 0.3) is 23.5 Å². The van der Waals surface area contributed by atoms with Crippen LogP contribution in [0.3, 0.4) is 0 Å². The van der Waals surface area contributed by atoms with Gasteiger partial charge < -0.3 is 20.1 Å². The Hall–Kier alpha value is -6.09. The summed E-state index contributed by atoms with van der Waals surface area (Å²) in [4.78, 5) is 52.6. The zero-order valence-electron chi connectivity index (χ0n) is 31.2. The number of carbonyl (C=O) groups is 4. The van der Waals surface area contributed by atoms with Gasteiger partial charge in [-0.3, -0.25) is 29.2 Å². The minimum absolute atomic E-state index is 0.0354. The number of pyridine rings is 1. The first kappa shape index (κ1) is 39.2. The molecular weight excluding hydrogens is 741 g/mol. The van der Waals surface area contributed by atoms with Crippen LogP contribution in [0.5, 0.6) is 17.2 Å². The van der Waals surface area contributed by atoms with E-state index in [1.807, 2.05) is 35.1 Å². The highest BCUT2D eigenvalue weighted by Gasteiger charge is 2.34. The van der Waals surface area contributed by atoms with E-state index in [1.165, 1.54) is 24.8 Å². The minimum Gasteiger partial charge on any atom is -0.494 e. The summed E-state index contributed by atoms with van der Waals surface area (Å²) in [6.07, 6.45) is 5.49. The maximum atomic E-state index is 13.1. The number of nitrogens with zero attached hydrogens (tertiary/aromatic N) is 3. The van der Waals surface area contributed by atoms with Gasteiger partial charge in [-0.25, -0.2) is 4.98 Å². The van der Waals surface area contributed by atoms with Crippen molar-refractivity contribution in [2.45, 2.75) is 63.6 Å². The van der Waals surface area contributed by atoms with Crippen molar-refractivity contribution >= 4 is 40.1 Å². The minimum atomic E-state index is -4.67. The molecule has 7 rings (SSSR count). The van der Waals surface area contributed by atoms with E-state index in [9.17, 15) is 32.3 Å². The maximum absolute atomic E-state index is 13.1. The number of aromatic nitrogens is 3. The number of ether oxygens (including phenoxy) is 2. The molecule has 3 aromatic carbocycles. The van der Waals surface area contributed by atoms with Crippen LogP contribution in [0, 0.1) is 5.92 Å². The maximum Gasteiger partial charge on any atom is 0.433 e. The van der Waals surface area contributed by atoms with Crippen LogP contribution in [0.2, 0.25) is 0 Å². The van der Waals surface area contributed by atoms with Crippen LogP contribution < -0.4 is 25.4 Å². The molecule has 1 aliphatic carbocycles. The number of unbranched alkanes of at least 4 members (excludes halogenated alkanes) is 2. The number of Topliss-reactive ketones (excluding diaryl/α,β-unsaturated/α-hetero) is 1. The Bertz CT molecular complexity index is 2300. The number of alkyl halides is 3. The van der Waals surface area contributed by atoms with E-state index in [4.69, 9.17) is 14.6 Å². The molecule has 0 spiro atoms. The van der Waals surface area contributed by atoms with Crippen molar-refractivity contribution in [1.29, 1.82) is 0 Å². The first-order valence-electron chi connectivity index (χ1n) is 18.9. The number of anilines is 1. The van der Waals surface area contributed by atoms with Gasteiger partial charge in [-0.1, -0.05) is 30.7 Å². The predicted molar refractivity (Wildman–Crippen MR) is 205 cm³/mol. The van der Waals surface area contributed by atoms with Crippen LogP contribution in [0.15, 0.2) is 79.0 Å². The molecular formula is C42H41F3N6O6. The lowest BCUT2D eigenvalue weighted by Crippen LogP contribution is -2.42. The van der Waals surface area contributed by atoms with Crippen LogP contribution in [0.1, 0.15) is 93.4 Å². The third-order valence-electron chi connectivity index (χ3n) is 10.4. The molecule has 1 aliphatic heterocycles. The second-order valence-electron chi connectivity index (χ2n) is 14.3. The molecule has 15 heteroatoms. The molecule has 5 aromatic rings. The standard InChI is InChI=1S/C42H41F3N6O6/c1-56-35-22-32-27(21-33(35)48-39(53)31-9-6-11-36(47-31)42(43,44)45)24-51(50-32)28-16-12-26(13-17-28)23-46-20-4-2-3-7-25-14-18-29(19-15-25)57-34-10-5-8-30-37(34)40(54)49-41(55)38(30)52/h5-6,8-11,14-15,18-19,21-22,24,26,28,46H,2-4,7,12-13,16-17,20,23H2,1H3,(H,48,53)(H,49,54,55)/t26-,28-. The van der Waals surface area contributed by atoms with Gasteiger partial charge in [-0.15, -0.1) is 0 Å². The number of amides is 3. The fourth-order valence-electron chi connectivity index (χ4n) is 7.34. The number of aryl methyl sites for hydroxylation is 1. The summed E-state index contributed by atoms with van der Waals surface area (Å²) in [7, 11) is 1.45. The number of nitrogens with one attached hydrogen (secondary N) is 3. The Morgan fingerprint density at radius 1 is 0.912 bits per heavy atom. The van der Waals surface area contributed by atoms with E-state index in [-0.39, 0.29) is 28.6 Å². The molecule has 296 valence electrons. The van der Waals surface area contributed by atoms with Crippen molar-refractivity contribution in [1.82, 2.24) is 25.4 Å². The Morgan fingerprint density at radius 3 is 2.44 bits per heavy atom. The number of hydrogen-bond donors (Lipinski definition) is 3. The van der Waals surface area contributed by atoms with Crippen LogP contribution >= 0.6 is 0 Å². The van der Waals surface area contributed by atoms with Gasteiger partial charge in [-0.05, 0) is 112 Å². The van der Waals surface area contributed by atoms with Crippen LogP contribution in [-0.4, -0.2) is 58.5 Å². The molecule has 57 heavy (non-hydrogen) atoms. The molecule has 0 radical (unpaired) electrons. The SMILES string of the molecule is COc1cc2nn([C@H]3CC[C@H](CNCCCCCc4ccc(Oc5cccc6c5C(=O)NC(=O)C6=O)cc4)CC3)cc2cc1NC(=O)c1cccc(C(F)(F)F)n1. The van der Waals surface area contributed by atoms with Crippen molar-refractivity contribution in [3.63, 3.8) is 0 Å². The lowest BCUT2D eigenvalue weighted by molar-refractivity contribution is -0.141. The largest absolute Gasteiger partial charge is 0.494 e. The fraction of sp³-hybridized carbons (Fsp3) is 0.333. The van der Waals surface area contributed by atoms with Crippen molar-refractivity contribution in [3.05, 3.63) is 107 Å². The number of hydrogen-bond acceptors (Lipinski definition) is 9. The van der Waals surface area contributed by atoms with E-state index < -0.39 is 35.4 Å². The summed E-state index contributed by atoms with van der Waals surface area (Å²) >= 11 is 0. The van der Waals surface area contributed by atoms with Gasteiger partial charge in [-0.2, -0.15) is 18.3 Å². The monoisotopic (exact) mass is 782 g/mol. The summed E-state index contributed by atoms with van der Waals surface area (Å²) in [6, 6.07) is 19.1. The third-order valence-corrected chi connectivity index (χ3v) is 10.4. The van der Waals surface area contributed by atoms with Crippen molar-refractivity contribution in [2.75, 3.05) is 25.5 Å². The molecule has 3 N–H and O–H groups in total. The van der Waals surface area contributed by atoms with Crippen LogP contribution in [-0.2, 0) is 17.4 Å². The van der Waals surface area contributed by atoms with Gasteiger partial charge in [0.15, 0.2) is 0 Å². The van der Waals surface area contributed by atoms with E-state index in [0.29, 0.717) is 28.6 Å². The molecule has 3 amide bonds. The predicted octanol–water partition coefficient (Wildman–Crippen LogP) is 7.69. The molecule has 0 saturated heterocycles. The highest BCUT2D eigenvalue weighted by Crippen LogP contribution is 2.36. The highest BCUT2D eigenvalue weighted by molar-refractivity contribution is 6.49. The number of methoxy groups -OCH3 is 1. The molecule has 0 unspecified atom stereocenters. The summed E-state index contributed by atoms with van der Waals surface area (Å²) < 4.78 is 52.7.